The number of aldehydes is 1. The van der Waals surface area contributed by atoms with Gasteiger partial charge < -0.3 is 9.36 Å². The predicted molar refractivity (Wildman–Crippen MR) is 99.6 cm³/mol. The van der Waals surface area contributed by atoms with Crippen molar-refractivity contribution in [3.63, 3.8) is 0 Å². The van der Waals surface area contributed by atoms with Gasteiger partial charge in [0, 0.05) is 18.7 Å². The summed E-state index contributed by atoms with van der Waals surface area (Å²) in [5.74, 6) is -0.207. The molecule has 0 bridgehead atoms. The number of alkyl halides is 3. The van der Waals surface area contributed by atoms with Gasteiger partial charge in [-0.25, -0.2) is 0 Å². The quantitative estimate of drug-likeness (QED) is 0.717. The van der Waals surface area contributed by atoms with Gasteiger partial charge in [0.2, 0.25) is 0 Å². The van der Waals surface area contributed by atoms with Crippen molar-refractivity contribution in [3.05, 3.63) is 57.5 Å². The highest BCUT2D eigenvalue weighted by Crippen LogP contribution is 2.36. The molecule has 0 saturated heterocycles. The highest BCUT2D eigenvalue weighted by atomic mass is 19.4. The van der Waals surface area contributed by atoms with Gasteiger partial charge >= 0.3 is 6.18 Å². The second kappa shape index (κ2) is 7.33. The van der Waals surface area contributed by atoms with Crippen LogP contribution in [0.15, 0.2) is 35.1 Å². The van der Waals surface area contributed by atoms with Gasteiger partial charge in [0.05, 0.1) is 11.1 Å². The molecule has 2 aromatic rings. The summed E-state index contributed by atoms with van der Waals surface area (Å²) >= 11 is 0. The van der Waals surface area contributed by atoms with Gasteiger partial charge in [-0.3, -0.25) is 4.79 Å². The Bertz CT molecular complexity index is 888. The van der Waals surface area contributed by atoms with Crippen LogP contribution < -0.4 is 5.56 Å². The summed E-state index contributed by atoms with van der Waals surface area (Å²) in [6.45, 7) is 7.36. The zero-order chi connectivity index (χ0) is 20.6. The van der Waals surface area contributed by atoms with Crippen molar-refractivity contribution < 1.29 is 18.0 Å². The number of hydrogen-bond donors (Lipinski definition) is 0. The summed E-state index contributed by atoms with van der Waals surface area (Å²) in [4.78, 5) is 23.9. The third kappa shape index (κ3) is 4.49. The molecule has 0 saturated carbocycles. The fraction of sp³-hybridized carbons (Fsp3) is 0.429. The van der Waals surface area contributed by atoms with Crippen LogP contribution in [0.1, 0.15) is 37.6 Å². The van der Waals surface area contributed by atoms with E-state index in [-0.39, 0.29) is 28.2 Å². The number of aryl methyl sites for hydroxylation is 1. The summed E-state index contributed by atoms with van der Waals surface area (Å²) in [5, 5.41) is 0. The monoisotopic (exact) mass is 379 g/mol. The van der Waals surface area contributed by atoms with E-state index in [9.17, 15) is 22.8 Å². The van der Waals surface area contributed by atoms with E-state index in [1.54, 1.807) is 12.1 Å². The lowest BCUT2D eigenvalue weighted by Crippen LogP contribution is -2.25. The molecular formula is C21H24F3NO2. The zero-order valence-electron chi connectivity index (χ0n) is 16.1. The number of pyridine rings is 1. The molecule has 27 heavy (non-hydrogen) atoms. The summed E-state index contributed by atoms with van der Waals surface area (Å²) in [5.41, 5.74) is -0.895. The Morgan fingerprint density at radius 3 is 2.11 bits per heavy atom. The average molecular weight is 379 g/mol. The maximum Gasteiger partial charge on any atom is 0.417 e. The first-order valence-electron chi connectivity index (χ1n) is 8.68. The first-order chi connectivity index (χ1) is 12.4. The Kier molecular flexibility index (Phi) is 5.68. The molecule has 0 spiro atoms. The largest absolute Gasteiger partial charge is 0.417 e. The topological polar surface area (TPSA) is 39.1 Å². The maximum atomic E-state index is 13.5. The van der Waals surface area contributed by atoms with E-state index in [1.165, 1.54) is 30.7 Å². The maximum absolute atomic E-state index is 13.5. The molecule has 0 aliphatic carbocycles. The van der Waals surface area contributed by atoms with Gasteiger partial charge in [0.1, 0.15) is 6.29 Å². The minimum atomic E-state index is -4.62. The lowest BCUT2D eigenvalue weighted by atomic mass is 9.78. The molecule has 1 heterocycles. The van der Waals surface area contributed by atoms with Crippen LogP contribution in [0.5, 0.6) is 0 Å². The molecule has 1 atom stereocenters. The number of hydrogen-bond acceptors (Lipinski definition) is 2. The van der Waals surface area contributed by atoms with Crippen LogP contribution >= 0.6 is 0 Å². The molecular weight excluding hydrogens is 355 g/mol. The van der Waals surface area contributed by atoms with E-state index in [2.05, 4.69) is 0 Å². The summed E-state index contributed by atoms with van der Waals surface area (Å²) in [7, 11) is 1.45. The Labute approximate surface area is 156 Å². The first kappa shape index (κ1) is 20.9. The van der Waals surface area contributed by atoms with Crippen molar-refractivity contribution in [2.24, 2.45) is 18.4 Å². The van der Waals surface area contributed by atoms with E-state index >= 15 is 0 Å². The van der Waals surface area contributed by atoms with Crippen LogP contribution in [0.3, 0.4) is 0 Å². The van der Waals surface area contributed by atoms with Crippen LogP contribution in [0.25, 0.3) is 11.1 Å². The number of carbonyl (C=O) groups is 1. The van der Waals surface area contributed by atoms with Gasteiger partial charge in [-0.1, -0.05) is 45.0 Å². The summed E-state index contributed by atoms with van der Waals surface area (Å²) in [6, 6.07) is 7.38. The third-order valence-corrected chi connectivity index (χ3v) is 4.95. The Balaban J connectivity index is 2.51. The van der Waals surface area contributed by atoms with Gasteiger partial charge in [-0.05, 0) is 36.0 Å². The average Bonchev–Trinajstić information content (AvgIpc) is 2.56. The van der Waals surface area contributed by atoms with Crippen molar-refractivity contribution in [3.8, 4) is 11.1 Å². The number of aromatic nitrogens is 1. The minimum absolute atomic E-state index is 0.207. The normalized spacial score (nSPS) is 13.5. The molecule has 0 amide bonds. The molecule has 1 aromatic carbocycles. The zero-order valence-corrected chi connectivity index (χ0v) is 16.1. The fourth-order valence-corrected chi connectivity index (χ4v) is 2.94. The third-order valence-electron chi connectivity index (χ3n) is 4.95. The molecule has 6 heteroatoms. The lowest BCUT2D eigenvalue weighted by molar-refractivity contribution is -0.137. The van der Waals surface area contributed by atoms with E-state index in [1.807, 2.05) is 20.8 Å². The van der Waals surface area contributed by atoms with Gasteiger partial charge in [0.25, 0.3) is 5.56 Å². The van der Waals surface area contributed by atoms with E-state index in [0.717, 1.165) is 17.9 Å². The van der Waals surface area contributed by atoms with Crippen LogP contribution in [0, 0.1) is 18.3 Å². The molecule has 2 rings (SSSR count). The number of halogens is 3. The van der Waals surface area contributed by atoms with E-state index < -0.39 is 17.3 Å². The van der Waals surface area contributed by atoms with Crippen LogP contribution in [0.2, 0.25) is 0 Å². The standard InChI is InChI=1S/C21H24F3NO2/c1-13-10-17(21(22,23)24)18(19(27)25(13)5)15-8-6-14(7-9-15)11-16(12-26)20(2,3)4/h6-10,12,16H,11H2,1-5H3. The van der Waals surface area contributed by atoms with Gasteiger partial charge in [-0.15, -0.1) is 0 Å². The number of benzene rings is 1. The van der Waals surface area contributed by atoms with Crippen LogP contribution in [-0.2, 0) is 24.4 Å². The van der Waals surface area contributed by atoms with Crippen molar-refractivity contribution in [1.29, 1.82) is 0 Å². The van der Waals surface area contributed by atoms with Crippen LogP contribution in [-0.4, -0.2) is 10.9 Å². The second-order valence-electron chi connectivity index (χ2n) is 7.95. The molecule has 0 fully saturated rings. The highest BCUT2D eigenvalue weighted by Gasteiger charge is 2.36. The van der Waals surface area contributed by atoms with Crippen molar-refractivity contribution in [2.45, 2.75) is 40.3 Å². The number of rotatable bonds is 4. The van der Waals surface area contributed by atoms with Crippen molar-refractivity contribution in [2.75, 3.05) is 0 Å². The minimum Gasteiger partial charge on any atom is -0.315 e. The van der Waals surface area contributed by atoms with Crippen LogP contribution in [0.4, 0.5) is 13.2 Å². The first-order valence-corrected chi connectivity index (χ1v) is 8.68. The number of nitrogens with zero attached hydrogens (tertiary/aromatic N) is 1. The molecule has 0 aliphatic rings. The molecule has 146 valence electrons. The smallest absolute Gasteiger partial charge is 0.315 e. The summed E-state index contributed by atoms with van der Waals surface area (Å²) in [6.07, 6.45) is -3.22. The summed E-state index contributed by atoms with van der Waals surface area (Å²) < 4.78 is 41.6. The van der Waals surface area contributed by atoms with E-state index in [0.29, 0.717) is 6.42 Å². The highest BCUT2D eigenvalue weighted by molar-refractivity contribution is 5.68. The van der Waals surface area contributed by atoms with E-state index in [4.69, 9.17) is 0 Å². The van der Waals surface area contributed by atoms with Gasteiger partial charge in [-0.2, -0.15) is 13.2 Å². The van der Waals surface area contributed by atoms with Crippen molar-refractivity contribution >= 4 is 6.29 Å². The Morgan fingerprint density at radius 1 is 1.11 bits per heavy atom. The Morgan fingerprint density at radius 2 is 1.67 bits per heavy atom. The molecule has 0 radical (unpaired) electrons. The molecule has 0 aliphatic heterocycles. The molecule has 1 unspecified atom stereocenters. The number of carbonyl (C=O) groups excluding carboxylic acids is 1. The van der Waals surface area contributed by atoms with Gasteiger partial charge in [0.15, 0.2) is 0 Å². The lowest BCUT2D eigenvalue weighted by Gasteiger charge is -2.26. The molecule has 0 N–H and O–H groups in total. The molecule has 3 nitrogen and oxygen atoms in total. The van der Waals surface area contributed by atoms with Crippen molar-refractivity contribution in [1.82, 2.24) is 4.57 Å². The second-order valence-corrected chi connectivity index (χ2v) is 7.95. The Hall–Kier alpha value is -2.37. The predicted octanol–water partition coefficient (Wildman–Crippen LogP) is 4.78. The fourth-order valence-electron chi connectivity index (χ4n) is 2.94. The SMILES string of the molecule is Cc1cc(C(F)(F)F)c(-c2ccc(CC(C=O)C(C)(C)C)cc2)c(=O)n1C. The molecule has 1 aromatic heterocycles.